The van der Waals surface area contributed by atoms with Crippen LogP contribution in [0.5, 0.6) is 0 Å². The number of fused-ring (bicyclic) bond motifs is 5. The molecule has 1 aliphatic heterocycles. The maximum Gasteiger partial charge on any atom is 0.303 e. The third-order valence-corrected chi connectivity index (χ3v) is 11.2. The molecule has 5 aliphatic rings. The van der Waals surface area contributed by atoms with Gasteiger partial charge in [-0.2, -0.15) is 0 Å². The highest BCUT2D eigenvalue weighted by Gasteiger charge is 2.59. The van der Waals surface area contributed by atoms with Crippen LogP contribution in [0.15, 0.2) is 41.6 Å². The Labute approximate surface area is 250 Å². The summed E-state index contributed by atoms with van der Waals surface area (Å²) in [4.78, 5) is 28.4. The van der Waals surface area contributed by atoms with E-state index in [1.807, 2.05) is 6.08 Å². The van der Waals surface area contributed by atoms with Gasteiger partial charge in [0.25, 0.3) is 0 Å². The van der Waals surface area contributed by atoms with E-state index in [9.17, 15) is 9.59 Å². The standard InChI is InChI=1S/C34H49NO7/c1-7-18-39-35-21(2)27-10-11-28-26-9-8-24-19-25(14-16-33(24,5)29(26)15-17-34(27,28)6)41-32-13-12-30(40-23(4)37)31(42-32)20-38-22(3)36/h7-8,12-13,25-32H,1,9-11,14-20H2,2-6H3/b35-21+/t25-,26-,27+,28-,29-,30-,31+,32?,33-,34+/m0/s1. The monoisotopic (exact) mass is 583 g/mol. The minimum atomic E-state index is -0.615. The highest BCUT2D eigenvalue weighted by atomic mass is 16.7. The van der Waals surface area contributed by atoms with Gasteiger partial charge in [-0.25, -0.2) is 0 Å². The molecule has 0 aromatic carbocycles. The molecule has 8 nitrogen and oxygen atoms in total. The Kier molecular flexibility index (Phi) is 9.33. The van der Waals surface area contributed by atoms with Crippen LogP contribution in [0.4, 0.5) is 0 Å². The number of oxime groups is 1. The first-order chi connectivity index (χ1) is 20.0. The van der Waals surface area contributed by atoms with Crippen LogP contribution in [0, 0.1) is 34.5 Å². The number of hydrogen-bond donors (Lipinski definition) is 0. The molecule has 1 unspecified atom stereocenters. The van der Waals surface area contributed by atoms with Crippen molar-refractivity contribution in [3.63, 3.8) is 0 Å². The Balaban J connectivity index is 1.24. The fraction of sp³-hybridized carbons (Fsp3) is 0.735. The van der Waals surface area contributed by atoms with Crippen molar-refractivity contribution in [2.45, 2.75) is 111 Å². The lowest BCUT2D eigenvalue weighted by Gasteiger charge is -2.58. The summed E-state index contributed by atoms with van der Waals surface area (Å²) in [5, 5.41) is 4.47. The fourth-order valence-corrected chi connectivity index (χ4v) is 9.21. The van der Waals surface area contributed by atoms with Crippen LogP contribution in [-0.2, 0) is 33.4 Å². The summed E-state index contributed by atoms with van der Waals surface area (Å²) in [5.41, 5.74) is 3.18. The summed E-state index contributed by atoms with van der Waals surface area (Å²) in [6, 6.07) is 0. The molecule has 10 atom stereocenters. The predicted molar refractivity (Wildman–Crippen MR) is 159 cm³/mol. The van der Waals surface area contributed by atoms with Crippen molar-refractivity contribution in [1.29, 1.82) is 0 Å². The zero-order chi connectivity index (χ0) is 30.1. The van der Waals surface area contributed by atoms with Gasteiger partial charge in [0.15, 0.2) is 6.29 Å². The van der Waals surface area contributed by atoms with Crippen molar-refractivity contribution in [2.24, 2.45) is 39.7 Å². The van der Waals surface area contributed by atoms with Crippen LogP contribution in [0.2, 0.25) is 0 Å². The van der Waals surface area contributed by atoms with E-state index < -0.39 is 30.4 Å². The number of esters is 2. The molecule has 42 heavy (non-hydrogen) atoms. The smallest absolute Gasteiger partial charge is 0.303 e. The van der Waals surface area contributed by atoms with Crippen molar-refractivity contribution in [1.82, 2.24) is 0 Å². The van der Waals surface area contributed by atoms with Gasteiger partial charge in [-0.1, -0.05) is 43.3 Å². The molecular weight excluding hydrogens is 534 g/mol. The van der Waals surface area contributed by atoms with Gasteiger partial charge >= 0.3 is 11.9 Å². The zero-order valence-electron chi connectivity index (χ0n) is 26.0. The molecule has 0 N–H and O–H groups in total. The lowest BCUT2D eigenvalue weighted by molar-refractivity contribution is -0.213. The van der Waals surface area contributed by atoms with E-state index >= 15 is 0 Å². The van der Waals surface area contributed by atoms with Crippen LogP contribution in [0.1, 0.15) is 86.0 Å². The van der Waals surface area contributed by atoms with Gasteiger partial charge in [0.2, 0.25) is 0 Å². The van der Waals surface area contributed by atoms with Crippen LogP contribution in [0.3, 0.4) is 0 Å². The van der Waals surface area contributed by atoms with Crippen LogP contribution in [-0.4, -0.2) is 55.5 Å². The third kappa shape index (κ3) is 6.12. The van der Waals surface area contributed by atoms with Crippen molar-refractivity contribution in [3.8, 4) is 0 Å². The van der Waals surface area contributed by atoms with Crippen LogP contribution >= 0.6 is 0 Å². The second-order valence-corrected chi connectivity index (χ2v) is 13.6. The largest absolute Gasteiger partial charge is 0.463 e. The van der Waals surface area contributed by atoms with E-state index in [-0.39, 0.29) is 23.5 Å². The Hall–Kier alpha value is -2.45. The summed E-state index contributed by atoms with van der Waals surface area (Å²) in [6.07, 6.45) is 15.3. The first-order valence-corrected chi connectivity index (χ1v) is 15.8. The van der Waals surface area contributed by atoms with Crippen molar-refractivity contribution in [3.05, 3.63) is 36.5 Å². The molecule has 8 heteroatoms. The average Bonchev–Trinajstić information content (AvgIpc) is 3.30. The maximum atomic E-state index is 11.6. The highest BCUT2D eigenvalue weighted by molar-refractivity contribution is 5.85. The first-order valence-electron chi connectivity index (χ1n) is 15.8. The summed E-state index contributed by atoms with van der Waals surface area (Å²) in [6.45, 7) is 14.1. The van der Waals surface area contributed by atoms with Gasteiger partial charge in [0.1, 0.15) is 25.4 Å². The summed E-state index contributed by atoms with van der Waals surface area (Å²) < 4.78 is 23.1. The summed E-state index contributed by atoms with van der Waals surface area (Å²) in [7, 11) is 0. The van der Waals surface area contributed by atoms with E-state index in [2.05, 4.69) is 38.6 Å². The van der Waals surface area contributed by atoms with Gasteiger partial charge in [-0.3, -0.25) is 9.59 Å². The number of carbonyl (C=O) groups excluding carboxylic acids is 2. The Morgan fingerprint density at radius 1 is 1.07 bits per heavy atom. The van der Waals surface area contributed by atoms with Gasteiger partial charge in [0.05, 0.1) is 11.8 Å². The van der Waals surface area contributed by atoms with E-state index in [1.165, 1.54) is 39.5 Å². The SMILES string of the molecule is C=CCO/N=C(\C)[C@H]1CC[C@H]2[C@@H]3CC=C4C[C@@H](OC5C=C[C@H](OC(C)=O)[C@@H](COC(C)=O)O5)CC[C@]4(C)[C@H]3CC[C@]12C. The van der Waals surface area contributed by atoms with Crippen molar-refractivity contribution < 1.29 is 33.4 Å². The molecule has 232 valence electrons. The molecule has 1 heterocycles. The Bertz CT molecular complexity index is 1130. The maximum absolute atomic E-state index is 11.6. The molecule has 0 aromatic heterocycles. The molecule has 0 radical (unpaired) electrons. The second kappa shape index (κ2) is 12.7. The second-order valence-electron chi connectivity index (χ2n) is 13.6. The highest BCUT2D eigenvalue weighted by Crippen LogP contribution is 2.66. The number of ether oxygens (including phenoxy) is 4. The lowest BCUT2D eigenvalue weighted by atomic mass is 9.47. The molecular formula is C34H49NO7. The van der Waals surface area contributed by atoms with Gasteiger partial charge < -0.3 is 23.8 Å². The molecule has 3 fully saturated rings. The molecule has 3 saturated carbocycles. The normalized spacial score (nSPS) is 41.1. The van der Waals surface area contributed by atoms with Crippen molar-refractivity contribution >= 4 is 17.7 Å². The number of allylic oxidation sites excluding steroid dienone is 1. The molecule has 0 amide bonds. The first kappa shape index (κ1) is 31.0. The zero-order valence-corrected chi connectivity index (χ0v) is 26.0. The van der Waals surface area contributed by atoms with Gasteiger partial charge in [-0.05, 0) is 99.0 Å². The van der Waals surface area contributed by atoms with Crippen LogP contribution in [0.25, 0.3) is 0 Å². The quantitative estimate of drug-likeness (QED) is 0.103. The van der Waals surface area contributed by atoms with E-state index in [4.69, 9.17) is 23.8 Å². The molecule has 0 spiro atoms. The van der Waals surface area contributed by atoms with Gasteiger partial charge in [0, 0.05) is 19.8 Å². The topological polar surface area (TPSA) is 92.6 Å². The lowest BCUT2D eigenvalue weighted by Crippen LogP contribution is -2.51. The minimum absolute atomic E-state index is 0.00259. The molecule has 0 bridgehead atoms. The molecule has 5 rings (SSSR count). The Morgan fingerprint density at radius 3 is 2.62 bits per heavy atom. The van der Waals surface area contributed by atoms with E-state index in [0.717, 1.165) is 37.3 Å². The number of hydrogen-bond acceptors (Lipinski definition) is 8. The summed E-state index contributed by atoms with van der Waals surface area (Å²) >= 11 is 0. The average molecular weight is 584 g/mol. The van der Waals surface area contributed by atoms with Crippen molar-refractivity contribution in [2.75, 3.05) is 13.2 Å². The van der Waals surface area contributed by atoms with E-state index in [0.29, 0.717) is 24.4 Å². The molecule has 4 aliphatic carbocycles. The third-order valence-electron chi connectivity index (χ3n) is 11.2. The Morgan fingerprint density at radius 2 is 1.88 bits per heavy atom. The summed E-state index contributed by atoms with van der Waals surface area (Å²) in [5.74, 6) is 1.81. The van der Waals surface area contributed by atoms with E-state index in [1.54, 1.807) is 17.7 Å². The number of rotatable bonds is 9. The van der Waals surface area contributed by atoms with Gasteiger partial charge in [-0.15, -0.1) is 0 Å². The fourth-order valence-electron chi connectivity index (χ4n) is 9.21. The predicted octanol–water partition coefficient (Wildman–Crippen LogP) is 6.31. The minimum Gasteiger partial charge on any atom is -0.463 e. The molecule has 0 saturated heterocycles. The molecule has 0 aromatic rings. The van der Waals surface area contributed by atoms with Crippen LogP contribution < -0.4 is 0 Å². The number of nitrogens with zero attached hydrogens (tertiary/aromatic N) is 1. The number of carbonyl (C=O) groups is 2.